The van der Waals surface area contributed by atoms with E-state index in [1.54, 1.807) is 32.9 Å². The summed E-state index contributed by atoms with van der Waals surface area (Å²) in [5.41, 5.74) is 2.57. The van der Waals surface area contributed by atoms with E-state index in [0.717, 1.165) is 10.4 Å². The van der Waals surface area contributed by atoms with Gasteiger partial charge >= 0.3 is 0 Å². The van der Waals surface area contributed by atoms with Crippen LogP contribution in [0.1, 0.15) is 33.7 Å². The number of carbonyl (C=O) groups excluding carboxylic acids is 3. The minimum Gasteiger partial charge on any atom is -0.348 e. The highest BCUT2D eigenvalue weighted by atomic mass is 32.1. The fourth-order valence-corrected chi connectivity index (χ4v) is 5.07. The van der Waals surface area contributed by atoms with Gasteiger partial charge in [-0.25, -0.2) is 0 Å². The van der Waals surface area contributed by atoms with Crippen molar-refractivity contribution < 1.29 is 14.4 Å². The second-order valence-corrected chi connectivity index (χ2v) is 8.89. The highest BCUT2D eigenvalue weighted by Gasteiger charge is 2.40. The van der Waals surface area contributed by atoms with Crippen LogP contribution >= 0.6 is 11.3 Å². The van der Waals surface area contributed by atoms with Gasteiger partial charge in [-0.3, -0.25) is 14.4 Å². The van der Waals surface area contributed by atoms with Crippen LogP contribution in [0, 0.1) is 0 Å². The first-order valence-corrected chi connectivity index (χ1v) is 11.1. The highest BCUT2D eigenvalue weighted by molar-refractivity contribution is 7.13. The molecule has 1 aromatic carbocycles. The second kappa shape index (κ2) is 7.70. The Labute approximate surface area is 183 Å². The molecule has 0 aliphatic carbocycles. The molecule has 0 bridgehead atoms. The van der Waals surface area contributed by atoms with Crippen LogP contribution < -0.4 is 10.6 Å². The minimum atomic E-state index is -0.613. The molecular formula is C23H22N4O3S. The largest absolute Gasteiger partial charge is 0.348 e. The molecule has 2 N–H and O–H groups in total. The SMILES string of the molecule is Cn1cccc1C(=O)NC1CCN2C(=O)c3cc(-c4cccs4)ccc3NC(=O)C2C1. The lowest BCUT2D eigenvalue weighted by Gasteiger charge is -2.37. The zero-order valence-electron chi connectivity index (χ0n) is 17.0. The Hall–Kier alpha value is -3.39. The zero-order valence-corrected chi connectivity index (χ0v) is 17.8. The molecule has 0 spiro atoms. The Morgan fingerprint density at radius 2 is 2.06 bits per heavy atom. The predicted octanol–water partition coefficient (Wildman–Crippen LogP) is 3.11. The summed E-state index contributed by atoms with van der Waals surface area (Å²) in [6, 6.07) is 12.3. The minimum absolute atomic E-state index is 0.149. The molecule has 2 unspecified atom stereocenters. The van der Waals surface area contributed by atoms with Gasteiger partial charge in [0.25, 0.3) is 11.8 Å². The maximum absolute atomic E-state index is 13.3. The van der Waals surface area contributed by atoms with Gasteiger partial charge in [-0.05, 0) is 54.1 Å². The van der Waals surface area contributed by atoms with Crippen molar-refractivity contribution in [3.05, 3.63) is 65.3 Å². The first-order valence-electron chi connectivity index (χ1n) is 10.2. The van der Waals surface area contributed by atoms with E-state index in [1.807, 2.05) is 49.0 Å². The molecule has 2 atom stereocenters. The Kier molecular flexibility index (Phi) is 4.86. The van der Waals surface area contributed by atoms with E-state index < -0.39 is 6.04 Å². The van der Waals surface area contributed by atoms with Crippen LogP contribution in [0.3, 0.4) is 0 Å². The number of anilines is 1. The summed E-state index contributed by atoms with van der Waals surface area (Å²) < 4.78 is 1.76. The van der Waals surface area contributed by atoms with Crippen LogP contribution in [0.25, 0.3) is 10.4 Å². The van der Waals surface area contributed by atoms with Gasteiger partial charge in [-0.1, -0.05) is 12.1 Å². The maximum Gasteiger partial charge on any atom is 0.268 e. The fraction of sp³-hybridized carbons (Fsp3) is 0.261. The number of benzene rings is 1. The lowest BCUT2D eigenvalue weighted by molar-refractivity contribution is -0.121. The molecule has 0 saturated carbocycles. The monoisotopic (exact) mass is 434 g/mol. The third-order valence-corrected chi connectivity index (χ3v) is 6.91. The van der Waals surface area contributed by atoms with E-state index in [4.69, 9.17) is 0 Å². The van der Waals surface area contributed by atoms with Gasteiger partial charge in [-0.2, -0.15) is 0 Å². The van der Waals surface area contributed by atoms with E-state index in [1.165, 1.54) is 0 Å². The van der Waals surface area contributed by atoms with Crippen molar-refractivity contribution in [1.82, 2.24) is 14.8 Å². The number of thiophene rings is 1. The quantitative estimate of drug-likeness (QED) is 0.665. The maximum atomic E-state index is 13.3. The van der Waals surface area contributed by atoms with Crippen LogP contribution in [-0.4, -0.2) is 45.8 Å². The molecule has 2 aliphatic heterocycles. The first-order chi connectivity index (χ1) is 15.0. The Morgan fingerprint density at radius 3 is 2.81 bits per heavy atom. The molecule has 4 heterocycles. The van der Waals surface area contributed by atoms with Gasteiger partial charge in [-0.15, -0.1) is 11.3 Å². The first kappa shape index (κ1) is 19.6. The number of fused-ring (bicyclic) bond motifs is 2. The molecule has 8 heteroatoms. The number of nitrogens with zero attached hydrogens (tertiary/aromatic N) is 2. The lowest BCUT2D eigenvalue weighted by atomic mass is 9.96. The average Bonchev–Trinajstić information content (AvgIpc) is 3.43. The van der Waals surface area contributed by atoms with Crippen molar-refractivity contribution in [2.75, 3.05) is 11.9 Å². The molecule has 1 fully saturated rings. The molecule has 7 nitrogen and oxygen atoms in total. The van der Waals surface area contributed by atoms with Crippen molar-refractivity contribution in [2.45, 2.75) is 24.9 Å². The summed E-state index contributed by atoms with van der Waals surface area (Å²) in [6.45, 7) is 0.414. The molecule has 3 amide bonds. The van der Waals surface area contributed by atoms with E-state index in [0.29, 0.717) is 36.3 Å². The number of piperidine rings is 1. The predicted molar refractivity (Wildman–Crippen MR) is 119 cm³/mol. The van der Waals surface area contributed by atoms with E-state index in [2.05, 4.69) is 10.6 Å². The summed E-state index contributed by atoms with van der Waals surface area (Å²) in [6.07, 6.45) is 2.81. The van der Waals surface area contributed by atoms with Crippen LogP contribution in [0.4, 0.5) is 5.69 Å². The van der Waals surface area contributed by atoms with E-state index in [9.17, 15) is 14.4 Å². The van der Waals surface area contributed by atoms with Gasteiger partial charge in [0.2, 0.25) is 5.91 Å². The summed E-state index contributed by atoms with van der Waals surface area (Å²) in [5, 5.41) is 7.94. The molecule has 1 saturated heterocycles. The highest BCUT2D eigenvalue weighted by Crippen LogP contribution is 2.33. The molecule has 158 valence electrons. The fourth-order valence-electron chi connectivity index (χ4n) is 4.34. The molecule has 3 aromatic rings. The molecular weight excluding hydrogens is 412 g/mol. The molecule has 31 heavy (non-hydrogen) atoms. The average molecular weight is 435 g/mol. The normalized spacial score (nSPS) is 20.5. The number of carbonyl (C=O) groups is 3. The Bertz CT molecular complexity index is 1170. The summed E-state index contributed by atoms with van der Waals surface area (Å²) in [4.78, 5) is 41.6. The standard InChI is InChI=1S/C23H22N4O3S/c1-26-9-2-4-18(26)21(28)24-15-8-10-27-19(13-15)22(29)25-17-7-6-14(12-16(17)23(27)30)20-5-3-11-31-20/h2-7,9,11-12,15,19H,8,10,13H2,1H3,(H,24,28)(H,25,29). The van der Waals surface area contributed by atoms with Crippen molar-refractivity contribution in [2.24, 2.45) is 7.05 Å². The Balaban J connectivity index is 1.37. The number of nitrogens with one attached hydrogen (secondary N) is 2. The van der Waals surface area contributed by atoms with Gasteiger partial charge < -0.3 is 20.1 Å². The number of rotatable bonds is 3. The van der Waals surface area contributed by atoms with Gasteiger partial charge in [0, 0.05) is 30.7 Å². The topological polar surface area (TPSA) is 83.4 Å². The van der Waals surface area contributed by atoms with Crippen molar-refractivity contribution in [3.63, 3.8) is 0 Å². The summed E-state index contributed by atoms with van der Waals surface area (Å²) >= 11 is 1.61. The lowest BCUT2D eigenvalue weighted by Crippen LogP contribution is -2.55. The van der Waals surface area contributed by atoms with Crippen LogP contribution in [-0.2, 0) is 11.8 Å². The molecule has 2 aliphatic rings. The van der Waals surface area contributed by atoms with Crippen molar-refractivity contribution in [3.8, 4) is 10.4 Å². The van der Waals surface area contributed by atoms with Gasteiger partial charge in [0.15, 0.2) is 0 Å². The number of hydrogen-bond donors (Lipinski definition) is 2. The second-order valence-electron chi connectivity index (χ2n) is 7.94. The van der Waals surface area contributed by atoms with E-state index >= 15 is 0 Å². The summed E-state index contributed by atoms with van der Waals surface area (Å²) in [7, 11) is 1.82. The Morgan fingerprint density at radius 1 is 1.19 bits per heavy atom. The third kappa shape index (κ3) is 3.53. The third-order valence-electron chi connectivity index (χ3n) is 5.99. The van der Waals surface area contributed by atoms with Crippen LogP contribution in [0.15, 0.2) is 54.0 Å². The molecule has 2 aromatic heterocycles. The van der Waals surface area contributed by atoms with Crippen molar-refractivity contribution >= 4 is 34.7 Å². The number of hydrogen-bond acceptors (Lipinski definition) is 4. The number of amides is 3. The van der Waals surface area contributed by atoms with Gasteiger partial charge in [0.1, 0.15) is 11.7 Å². The van der Waals surface area contributed by atoms with E-state index in [-0.39, 0.29) is 23.8 Å². The van der Waals surface area contributed by atoms with Crippen LogP contribution in [0.2, 0.25) is 0 Å². The smallest absolute Gasteiger partial charge is 0.268 e. The van der Waals surface area contributed by atoms with Crippen molar-refractivity contribution in [1.29, 1.82) is 0 Å². The number of aryl methyl sites for hydroxylation is 1. The van der Waals surface area contributed by atoms with Crippen LogP contribution in [0.5, 0.6) is 0 Å². The number of aromatic nitrogens is 1. The molecule has 0 radical (unpaired) electrons. The summed E-state index contributed by atoms with van der Waals surface area (Å²) in [5.74, 6) is -0.534. The van der Waals surface area contributed by atoms with Gasteiger partial charge in [0.05, 0.1) is 11.3 Å². The zero-order chi connectivity index (χ0) is 21.5. The molecule has 5 rings (SSSR count).